The molecule has 1 unspecified atom stereocenters. The lowest BCUT2D eigenvalue weighted by Crippen LogP contribution is -2.39. The SMILES string of the molecule is COCCN(CCOC)c1ccc(N=Nc2cc(OS(=O)N3CCOCC3)c(O)c3cccc(NS(C)(=O)=O)c23)cc1S(=O)(=O)O. The first-order chi connectivity index (χ1) is 21.8. The van der Waals surface area contributed by atoms with Crippen molar-refractivity contribution in [2.45, 2.75) is 4.90 Å². The highest BCUT2D eigenvalue weighted by atomic mass is 32.2. The molecule has 1 saturated heterocycles. The maximum Gasteiger partial charge on any atom is 0.296 e. The van der Waals surface area contributed by atoms with Gasteiger partial charge in [0, 0.05) is 57.2 Å². The number of fused-ring (bicyclic) bond motifs is 1. The van der Waals surface area contributed by atoms with Crippen molar-refractivity contribution >= 4 is 64.9 Å². The number of rotatable bonds is 15. The summed E-state index contributed by atoms with van der Waals surface area (Å²) in [6.07, 6.45) is 0.955. The van der Waals surface area contributed by atoms with Gasteiger partial charge in [-0.15, -0.1) is 5.11 Å². The molecule has 0 bridgehead atoms. The predicted molar refractivity (Wildman–Crippen MR) is 172 cm³/mol. The summed E-state index contributed by atoms with van der Waals surface area (Å²) in [4.78, 5) is 1.24. The molecule has 0 aromatic heterocycles. The summed E-state index contributed by atoms with van der Waals surface area (Å²) in [5, 5.41) is 19.8. The molecule has 0 radical (unpaired) electrons. The number of benzene rings is 3. The van der Waals surface area contributed by atoms with Crippen molar-refractivity contribution in [2.24, 2.45) is 10.2 Å². The van der Waals surface area contributed by atoms with Gasteiger partial charge >= 0.3 is 0 Å². The maximum atomic E-state index is 13.0. The molecule has 0 saturated carbocycles. The number of nitrogens with zero attached hydrogens (tertiary/aromatic N) is 4. The van der Waals surface area contributed by atoms with Gasteiger partial charge in [-0.25, -0.2) is 8.42 Å². The van der Waals surface area contributed by atoms with Gasteiger partial charge < -0.3 is 28.4 Å². The van der Waals surface area contributed by atoms with E-state index >= 15 is 0 Å². The average molecular weight is 702 g/mol. The normalized spacial score (nSPS) is 15.3. The number of sulfonamides is 1. The summed E-state index contributed by atoms with van der Waals surface area (Å²) >= 11 is -2.01. The fourth-order valence-corrected chi connectivity index (χ4v) is 6.71. The fraction of sp³-hybridized carbons (Fsp3) is 0.407. The van der Waals surface area contributed by atoms with Crippen LogP contribution in [0.4, 0.5) is 22.7 Å². The molecule has 3 N–H and O–H groups in total. The van der Waals surface area contributed by atoms with E-state index in [-0.39, 0.29) is 52.5 Å². The largest absolute Gasteiger partial charge is 0.504 e. The van der Waals surface area contributed by atoms with Gasteiger partial charge in [-0.2, -0.15) is 22.0 Å². The van der Waals surface area contributed by atoms with E-state index < -0.39 is 42.1 Å². The monoisotopic (exact) mass is 701 g/mol. The van der Waals surface area contributed by atoms with Gasteiger partial charge in [0.05, 0.1) is 55.4 Å². The number of hydrogen-bond acceptors (Lipinski definition) is 13. The van der Waals surface area contributed by atoms with Crippen molar-refractivity contribution in [3.05, 3.63) is 42.5 Å². The summed E-state index contributed by atoms with van der Waals surface area (Å²) in [6, 6.07) is 9.73. The van der Waals surface area contributed by atoms with Crippen molar-refractivity contribution in [1.82, 2.24) is 4.31 Å². The second-order valence-electron chi connectivity index (χ2n) is 9.99. The number of methoxy groups -OCH3 is 2. The van der Waals surface area contributed by atoms with Gasteiger partial charge in [0.15, 0.2) is 11.5 Å². The zero-order valence-electron chi connectivity index (χ0n) is 25.3. The summed E-state index contributed by atoms with van der Waals surface area (Å²) < 4.78 is 97.3. The Hall–Kier alpha value is -3.43. The summed E-state index contributed by atoms with van der Waals surface area (Å²) in [7, 11) is -5.51. The Morgan fingerprint density at radius 2 is 1.70 bits per heavy atom. The van der Waals surface area contributed by atoms with Crippen molar-refractivity contribution in [3.63, 3.8) is 0 Å². The number of azo groups is 1. The number of morpholine rings is 1. The van der Waals surface area contributed by atoms with Gasteiger partial charge in [-0.05, 0) is 24.3 Å². The number of phenolic OH excluding ortho intramolecular Hbond substituents is 1. The lowest BCUT2D eigenvalue weighted by Gasteiger charge is -2.26. The van der Waals surface area contributed by atoms with Crippen LogP contribution in [-0.2, 0) is 45.6 Å². The molecule has 1 heterocycles. The third-order valence-corrected chi connectivity index (χ3v) is 9.26. The highest BCUT2D eigenvalue weighted by Crippen LogP contribution is 2.45. The van der Waals surface area contributed by atoms with Crippen LogP contribution >= 0.6 is 0 Å². The Bertz CT molecular complexity index is 1810. The molecule has 46 heavy (non-hydrogen) atoms. The lowest BCUT2D eigenvalue weighted by molar-refractivity contribution is 0.0728. The summed E-state index contributed by atoms with van der Waals surface area (Å²) in [5.74, 6) is -0.637. The number of anilines is 2. The highest BCUT2D eigenvalue weighted by molar-refractivity contribution is 7.92. The maximum absolute atomic E-state index is 13.0. The molecule has 4 rings (SSSR count). The van der Waals surface area contributed by atoms with Crippen LogP contribution in [-0.4, -0.2) is 108 Å². The van der Waals surface area contributed by atoms with Gasteiger partial charge in [-0.3, -0.25) is 9.27 Å². The number of hydrogen-bond donors (Lipinski definition) is 3. The quantitative estimate of drug-likeness (QED) is 0.155. The molecule has 19 heteroatoms. The Kier molecular flexibility index (Phi) is 11.9. The van der Waals surface area contributed by atoms with Gasteiger partial charge in [0.25, 0.3) is 21.4 Å². The first-order valence-electron chi connectivity index (χ1n) is 13.8. The van der Waals surface area contributed by atoms with Crippen LogP contribution in [0.5, 0.6) is 11.5 Å². The first kappa shape index (κ1) is 35.4. The van der Waals surface area contributed by atoms with E-state index in [0.29, 0.717) is 39.4 Å². The minimum absolute atomic E-state index is 0.00664. The molecule has 3 aromatic rings. The number of ether oxygens (including phenoxy) is 3. The third kappa shape index (κ3) is 9.10. The van der Waals surface area contributed by atoms with Gasteiger partial charge in [0.1, 0.15) is 4.90 Å². The van der Waals surface area contributed by atoms with Crippen molar-refractivity contribution in [1.29, 1.82) is 0 Å². The average Bonchev–Trinajstić information content (AvgIpc) is 3.01. The van der Waals surface area contributed by atoms with E-state index in [1.54, 1.807) is 4.90 Å². The van der Waals surface area contributed by atoms with Crippen LogP contribution in [0.25, 0.3) is 10.8 Å². The Morgan fingerprint density at radius 1 is 1.02 bits per heavy atom. The van der Waals surface area contributed by atoms with E-state index in [1.165, 1.54) is 54.9 Å². The second kappa shape index (κ2) is 15.4. The zero-order valence-corrected chi connectivity index (χ0v) is 27.7. The highest BCUT2D eigenvalue weighted by Gasteiger charge is 2.24. The molecule has 1 aliphatic heterocycles. The number of nitrogens with one attached hydrogen (secondary N) is 1. The minimum Gasteiger partial charge on any atom is -0.504 e. The molecule has 252 valence electrons. The molecule has 1 atom stereocenters. The summed E-state index contributed by atoms with van der Waals surface area (Å²) in [5.41, 5.74) is 0.259. The molecule has 0 spiro atoms. The van der Waals surface area contributed by atoms with Crippen LogP contribution in [0.3, 0.4) is 0 Å². The lowest BCUT2D eigenvalue weighted by atomic mass is 10.1. The van der Waals surface area contributed by atoms with Crippen molar-refractivity contribution in [3.8, 4) is 11.5 Å². The predicted octanol–water partition coefficient (Wildman–Crippen LogP) is 2.97. The van der Waals surface area contributed by atoms with Crippen LogP contribution in [0.1, 0.15) is 0 Å². The van der Waals surface area contributed by atoms with Crippen molar-refractivity contribution in [2.75, 3.05) is 82.7 Å². The zero-order chi connectivity index (χ0) is 33.5. The summed E-state index contributed by atoms with van der Waals surface area (Å²) in [6.45, 7) is 2.50. The van der Waals surface area contributed by atoms with Crippen molar-refractivity contribution < 1.29 is 49.1 Å². The van der Waals surface area contributed by atoms with Crippen LogP contribution < -0.4 is 13.8 Å². The van der Waals surface area contributed by atoms with E-state index in [1.807, 2.05) is 0 Å². The molecular weight excluding hydrogens is 667 g/mol. The van der Waals surface area contributed by atoms with Gasteiger partial charge in [-0.1, -0.05) is 12.1 Å². The number of aromatic hydroxyl groups is 1. The van der Waals surface area contributed by atoms with Crippen LogP contribution in [0.2, 0.25) is 0 Å². The molecular formula is C27H35N5O11S3. The van der Waals surface area contributed by atoms with Crippen LogP contribution in [0.15, 0.2) is 57.6 Å². The Balaban J connectivity index is 1.82. The third-order valence-electron chi connectivity index (χ3n) is 6.68. The van der Waals surface area contributed by atoms with E-state index in [4.69, 9.17) is 18.4 Å². The molecule has 1 fully saturated rings. The smallest absolute Gasteiger partial charge is 0.296 e. The Morgan fingerprint density at radius 3 is 2.30 bits per heavy atom. The van der Waals surface area contributed by atoms with Crippen LogP contribution in [0, 0.1) is 0 Å². The molecule has 0 amide bonds. The van der Waals surface area contributed by atoms with E-state index in [0.717, 1.165) is 12.3 Å². The molecule has 0 aliphatic carbocycles. The fourth-order valence-electron chi connectivity index (χ4n) is 4.58. The minimum atomic E-state index is -4.73. The molecule has 16 nitrogen and oxygen atoms in total. The van der Waals surface area contributed by atoms with E-state index in [9.17, 15) is 30.7 Å². The molecule has 3 aromatic carbocycles. The number of phenols is 1. The van der Waals surface area contributed by atoms with Gasteiger partial charge in [0.2, 0.25) is 10.0 Å². The second-order valence-corrected chi connectivity index (χ2v) is 14.2. The standard InChI is InChI=1S/C27H35N5O11S3/c1-40-13-9-31(10-14-41-2)23-8-7-19(17-25(23)46(37,38)39)28-29-22-18-24(43-44(34)32-11-15-42-16-12-32)27(33)20-5-4-6-21(26(20)22)30-45(3,35)36/h4-8,17-18,30,33H,9-16H2,1-3H3,(H,37,38,39). The topological polar surface area (TPSA) is 206 Å². The Labute approximate surface area is 269 Å². The first-order valence-corrected chi connectivity index (χ1v) is 18.1. The van der Waals surface area contributed by atoms with E-state index in [2.05, 4.69) is 15.0 Å². The molecule has 1 aliphatic rings.